The molecule has 2 aromatic carbocycles. The van der Waals surface area contributed by atoms with Gasteiger partial charge in [-0.25, -0.2) is 13.2 Å². The molecule has 1 saturated heterocycles. The summed E-state index contributed by atoms with van der Waals surface area (Å²) >= 11 is 0. The Kier molecular flexibility index (Phi) is 5.06. The van der Waals surface area contributed by atoms with Crippen LogP contribution in [0.1, 0.15) is 5.56 Å². The number of sulfonamides is 1. The molecule has 0 aromatic heterocycles. The van der Waals surface area contributed by atoms with Gasteiger partial charge in [0, 0.05) is 31.9 Å². The molecule has 1 N–H and O–H groups in total. The number of piperazine rings is 1. The summed E-state index contributed by atoms with van der Waals surface area (Å²) in [7, 11) is -3.51. The molecule has 2 amide bonds. The van der Waals surface area contributed by atoms with E-state index in [0.717, 1.165) is 11.3 Å². The van der Waals surface area contributed by atoms with Crippen LogP contribution in [0.2, 0.25) is 0 Å². The van der Waals surface area contributed by atoms with Crippen LogP contribution in [0, 0.1) is 6.92 Å². The van der Waals surface area contributed by atoms with Crippen LogP contribution < -0.4 is 5.32 Å². The highest BCUT2D eigenvalue weighted by Crippen LogP contribution is 2.18. The number of rotatable bonds is 3. The standard InChI is InChI=1S/C18H21N3O3S/c1-15-7-9-17(10-8-15)25(23,24)21-13-11-20(12-14-21)18(22)19-16-5-3-2-4-6-16/h2-10H,11-14H2,1H3,(H,19,22). The van der Waals surface area contributed by atoms with Crippen LogP contribution >= 0.6 is 0 Å². The first-order valence-electron chi connectivity index (χ1n) is 8.14. The summed E-state index contributed by atoms with van der Waals surface area (Å²) in [5, 5.41) is 2.82. The Hall–Kier alpha value is -2.38. The normalized spacial score (nSPS) is 15.8. The number of nitrogens with zero attached hydrogens (tertiary/aromatic N) is 2. The van der Waals surface area contributed by atoms with Crippen LogP contribution in [-0.4, -0.2) is 49.8 Å². The largest absolute Gasteiger partial charge is 0.322 e. The van der Waals surface area contributed by atoms with Gasteiger partial charge < -0.3 is 10.2 Å². The molecule has 0 saturated carbocycles. The van der Waals surface area contributed by atoms with Crippen molar-refractivity contribution in [2.45, 2.75) is 11.8 Å². The van der Waals surface area contributed by atoms with Crippen molar-refractivity contribution in [3.63, 3.8) is 0 Å². The third kappa shape index (κ3) is 4.00. The van der Waals surface area contributed by atoms with Gasteiger partial charge in [-0.05, 0) is 31.2 Å². The first kappa shape index (κ1) is 17.4. The van der Waals surface area contributed by atoms with E-state index in [2.05, 4.69) is 5.32 Å². The maximum atomic E-state index is 12.7. The molecule has 0 radical (unpaired) electrons. The van der Waals surface area contributed by atoms with Crippen molar-refractivity contribution in [1.82, 2.24) is 9.21 Å². The van der Waals surface area contributed by atoms with E-state index in [1.807, 2.05) is 37.3 Å². The summed E-state index contributed by atoms with van der Waals surface area (Å²) in [5.74, 6) is 0. The SMILES string of the molecule is Cc1ccc(S(=O)(=O)N2CCN(C(=O)Nc3ccccc3)CC2)cc1. The summed E-state index contributed by atoms with van der Waals surface area (Å²) in [6.45, 7) is 3.23. The molecular weight excluding hydrogens is 338 g/mol. The lowest BCUT2D eigenvalue weighted by atomic mass is 10.2. The molecule has 25 heavy (non-hydrogen) atoms. The summed E-state index contributed by atoms with van der Waals surface area (Å²) < 4.78 is 26.8. The van der Waals surface area contributed by atoms with Crippen molar-refractivity contribution < 1.29 is 13.2 Å². The van der Waals surface area contributed by atoms with E-state index in [1.165, 1.54) is 4.31 Å². The number of nitrogens with one attached hydrogen (secondary N) is 1. The van der Waals surface area contributed by atoms with Crippen LogP contribution in [-0.2, 0) is 10.0 Å². The lowest BCUT2D eigenvalue weighted by Crippen LogP contribution is -2.51. The second-order valence-corrected chi connectivity index (χ2v) is 7.94. The van der Waals surface area contributed by atoms with E-state index in [0.29, 0.717) is 31.1 Å². The topological polar surface area (TPSA) is 69.7 Å². The molecule has 1 heterocycles. The van der Waals surface area contributed by atoms with Crippen LogP contribution in [0.5, 0.6) is 0 Å². The van der Waals surface area contributed by atoms with Gasteiger partial charge in [-0.1, -0.05) is 35.9 Å². The number of hydrogen-bond donors (Lipinski definition) is 1. The zero-order chi connectivity index (χ0) is 17.9. The minimum Gasteiger partial charge on any atom is -0.322 e. The predicted octanol–water partition coefficient (Wildman–Crippen LogP) is 2.53. The number of amides is 2. The monoisotopic (exact) mass is 359 g/mol. The Morgan fingerprint density at radius 3 is 2.12 bits per heavy atom. The minimum atomic E-state index is -3.51. The van der Waals surface area contributed by atoms with Crippen LogP contribution in [0.25, 0.3) is 0 Å². The summed E-state index contributed by atoms with van der Waals surface area (Å²) in [4.78, 5) is 14.2. The fourth-order valence-electron chi connectivity index (χ4n) is 2.71. The Morgan fingerprint density at radius 1 is 0.920 bits per heavy atom. The number of carbonyl (C=O) groups is 1. The van der Waals surface area contributed by atoms with Gasteiger partial charge in [0.25, 0.3) is 0 Å². The van der Waals surface area contributed by atoms with Gasteiger partial charge in [0.1, 0.15) is 0 Å². The molecule has 1 aliphatic rings. The van der Waals surface area contributed by atoms with Crippen molar-refractivity contribution in [2.24, 2.45) is 0 Å². The quantitative estimate of drug-likeness (QED) is 0.915. The number of urea groups is 1. The molecule has 0 unspecified atom stereocenters. The number of para-hydroxylation sites is 1. The predicted molar refractivity (Wildman–Crippen MR) is 97.0 cm³/mol. The molecule has 1 fully saturated rings. The number of anilines is 1. The van der Waals surface area contributed by atoms with Crippen molar-refractivity contribution >= 4 is 21.7 Å². The van der Waals surface area contributed by atoms with Gasteiger partial charge in [0.05, 0.1) is 4.90 Å². The van der Waals surface area contributed by atoms with Gasteiger partial charge in [-0.15, -0.1) is 0 Å². The highest BCUT2D eigenvalue weighted by atomic mass is 32.2. The van der Waals surface area contributed by atoms with E-state index in [1.54, 1.807) is 29.2 Å². The average molecular weight is 359 g/mol. The van der Waals surface area contributed by atoms with Crippen molar-refractivity contribution in [1.29, 1.82) is 0 Å². The molecule has 132 valence electrons. The van der Waals surface area contributed by atoms with E-state index >= 15 is 0 Å². The highest BCUT2D eigenvalue weighted by Gasteiger charge is 2.30. The van der Waals surface area contributed by atoms with Crippen LogP contribution in [0.4, 0.5) is 10.5 Å². The first-order valence-corrected chi connectivity index (χ1v) is 9.58. The van der Waals surface area contributed by atoms with Crippen LogP contribution in [0.15, 0.2) is 59.5 Å². The number of carbonyl (C=O) groups excluding carboxylic acids is 1. The summed E-state index contributed by atoms with van der Waals surface area (Å²) in [5.41, 5.74) is 1.74. The molecule has 0 spiro atoms. The Labute approximate surface area is 148 Å². The molecule has 2 aromatic rings. The van der Waals surface area contributed by atoms with Gasteiger partial charge in [0.15, 0.2) is 0 Å². The molecular formula is C18H21N3O3S. The molecule has 6 nitrogen and oxygen atoms in total. The molecule has 3 rings (SSSR count). The third-order valence-corrected chi connectivity index (χ3v) is 6.12. The Bertz CT molecular complexity index is 828. The second-order valence-electron chi connectivity index (χ2n) is 6.00. The van der Waals surface area contributed by atoms with Gasteiger partial charge in [0.2, 0.25) is 10.0 Å². The average Bonchev–Trinajstić information content (AvgIpc) is 2.63. The lowest BCUT2D eigenvalue weighted by molar-refractivity contribution is 0.184. The van der Waals surface area contributed by atoms with Gasteiger partial charge >= 0.3 is 6.03 Å². The van der Waals surface area contributed by atoms with E-state index in [-0.39, 0.29) is 6.03 Å². The number of benzene rings is 2. The van der Waals surface area contributed by atoms with Crippen molar-refractivity contribution in [3.8, 4) is 0 Å². The number of hydrogen-bond acceptors (Lipinski definition) is 3. The van der Waals surface area contributed by atoms with E-state index in [9.17, 15) is 13.2 Å². The Morgan fingerprint density at radius 2 is 1.52 bits per heavy atom. The molecule has 1 aliphatic heterocycles. The second kappa shape index (κ2) is 7.25. The molecule has 0 atom stereocenters. The van der Waals surface area contributed by atoms with Gasteiger partial charge in [-0.2, -0.15) is 4.31 Å². The Balaban J connectivity index is 1.61. The minimum absolute atomic E-state index is 0.210. The maximum Gasteiger partial charge on any atom is 0.321 e. The van der Waals surface area contributed by atoms with Crippen molar-refractivity contribution in [3.05, 3.63) is 60.2 Å². The smallest absolute Gasteiger partial charge is 0.321 e. The van der Waals surface area contributed by atoms with E-state index < -0.39 is 10.0 Å². The van der Waals surface area contributed by atoms with E-state index in [4.69, 9.17) is 0 Å². The fraction of sp³-hybridized carbons (Fsp3) is 0.278. The van der Waals surface area contributed by atoms with Crippen molar-refractivity contribution in [2.75, 3.05) is 31.5 Å². The summed E-state index contributed by atoms with van der Waals surface area (Å²) in [6, 6.07) is 15.8. The highest BCUT2D eigenvalue weighted by molar-refractivity contribution is 7.89. The molecule has 0 aliphatic carbocycles. The van der Waals surface area contributed by atoms with Gasteiger partial charge in [-0.3, -0.25) is 0 Å². The zero-order valence-corrected chi connectivity index (χ0v) is 14.9. The van der Waals surface area contributed by atoms with Crippen LogP contribution in [0.3, 0.4) is 0 Å². The summed E-state index contributed by atoms with van der Waals surface area (Å²) in [6.07, 6.45) is 0. The number of aryl methyl sites for hydroxylation is 1. The maximum absolute atomic E-state index is 12.7. The first-order chi connectivity index (χ1) is 12.0. The lowest BCUT2D eigenvalue weighted by Gasteiger charge is -2.34. The fourth-order valence-corrected chi connectivity index (χ4v) is 4.14. The molecule has 0 bridgehead atoms. The third-order valence-electron chi connectivity index (χ3n) is 4.21. The molecule has 7 heteroatoms. The zero-order valence-electron chi connectivity index (χ0n) is 14.1.